The Morgan fingerprint density at radius 2 is 0.914 bits per heavy atom. The van der Waals surface area contributed by atoms with Crippen molar-refractivity contribution in [2.75, 3.05) is 13.1 Å². The number of carboxylic acids is 2. The Kier molecular flexibility index (Phi) is 15.7. The quantitative estimate of drug-likeness (QED) is 0.146. The summed E-state index contributed by atoms with van der Waals surface area (Å²) in [6.45, 7) is 7.64. The number of carboxylic acid groups (broad SMARTS) is 2. The average molecular weight is 501 g/mol. The first-order chi connectivity index (χ1) is 16.3. The zero-order valence-electron chi connectivity index (χ0n) is 21.0. The molecule has 0 aromatic heterocycles. The van der Waals surface area contributed by atoms with Crippen molar-refractivity contribution in [2.45, 2.75) is 84.7 Å². The van der Waals surface area contributed by atoms with Gasteiger partial charge in [-0.1, -0.05) is 27.7 Å². The van der Waals surface area contributed by atoms with Gasteiger partial charge in [0.2, 0.25) is 23.6 Å². The monoisotopic (exact) mass is 500 g/mol. The Labute approximate surface area is 206 Å². The van der Waals surface area contributed by atoms with Crippen LogP contribution in [0.25, 0.3) is 0 Å². The minimum atomic E-state index is -0.985. The first kappa shape index (κ1) is 31.8. The molecule has 200 valence electrons. The normalized spacial score (nSPS) is 12.5. The molecule has 0 aromatic carbocycles. The van der Waals surface area contributed by atoms with E-state index in [4.69, 9.17) is 10.2 Å². The van der Waals surface area contributed by atoms with Crippen LogP contribution in [0.4, 0.5) is 0 Å². The summed E-state index contributed by atoms with van der Waals surface area (Å²) in [6, 6.07) is -1.52. The van der Waals surface area contributed by atoms with Crippen LogP contribution in [0, 0.1) is 11.8 Å². The van der Waals surface area contributed by atoms with Crippen molar-refractivity contribution in [1.82, 2.24) is 21.3 Å². The van der Waals surface area contributed by atoms with Gasteiger partial charge in [-0.2, -0.15) is 0 Å². The van der Waals surface area contributed by atoms with Crippen molar-refractivity contribution >= 4 is 35.6 Å². The van der Waals surface area contributed by atoms with E-state index in [1.807, 2.05) is 0 Å². The minimum Gasteiger partial charge on any atom is -0.481 e. The first-order valence-corrected chi connectivity index (χ1v) is 11.9. The summed E-state index contributed by atoms with van der Waals surface area (Å²) in [5.74, 6) is -3.85. The zero-order chi connectivity index (χ0) is 27.0. The van der Waals surface area contributed by atoms with E-state index in [1.54, 1.807) is 27.7 Å². The second-order valence-corrected chi connectivity index (χ2v) is 9.01. The third-order valence-corrected chi connectivity index (χ3v) is 5.07. The SMILES string of the molecule is CC(C)[C@H](NC(=O)CCCC(=O)O)C(=O)NCCCNC(=O)[C@@H](NC(=O)CCCC(=O)O)C(C)C. The molecule has 0 aliphatic carbocycles. The van der Waals surface area contributed by atoms with E-state index in [0.717, 1.165) is 0 Å². The summed E-state index contributed by atoms with van der Waals surface area (Å²) in [6.07, 6.45) is 0.588. The summed E-state index contributed by atoms with van der Waals surface area (Å²) in [4.78, 5) is 70.0. The maximum absolute atomic E-state index is 12.5. The fraction of sp³-hybridized carbons (Fsp3) is 0.739. The van der Waals surface area contributed by atoms with Crippen LogP contribution in [0.2, 0.25) is 0 Å². The number of nitrogens with one attached hydrogen (secondary N) is 4. The third-order valence-electron chi connectivity index (χ3n) is 5.07. The first-order valence-electron chi connectivity index (χ1n) is 11.9. The second kappa shape index (κ2) is 17.3. The number of carbonyl (C=O) groups is 6. The highest BCUT2D eigenvalue weighted by Gasteiger charge is 2.25. The molecular formula is C23H40N4O8. The van der Waals surface area contributed by atoms with Gasteiger partial charge in [-0.15, -0.1) is 0 Å². The molecule has 0 saturated heterocycles. The highest BCUT2D eigenvalue weighted by molar-refractivity contribution is 5.88. The van der Waals surface area contributed by atoms with Crippen molar-refractivity contribution in [2.24, 2.45) is 11.8 Å². The van der Waals surface area contributed by atoms with Gasteiger partial charge in [0.05, 0.1) is 0 Å². The van der Waals surface area contributed by atoms with Gasteiger partial charge in [0.15, 0.2) is 0 Å². The number of hydrogen-bond acceptors (Lipinski definition) is 6. The predicted molar refractivity (Wildman–Crippen MR) is 127 cm³/mol. The number of aliphatic carboxylic acids is 2. The number of carbonyl (C=O) groups excluding carboxylic acids is 4. The molecule has 0 radical (unpaired) electrons. The number of hydrogen-bond donors (Lipinski definition) is 6. The van der Waals surface area contributed by atoms with Gasteiger partial charge in [-0.3, -0.25) is 28.8 Å². The van der Waals surface area contributed by atoms with Crippen LogP contribution < -0.4 is 21.3 Å². The lowest BCUT2D eigenvalue weighted by Gasteiger charge is -2.22. The lowest BCUT2D eigenvalue weighted by Crippen LogP contribution is -2.51. The Hall–Kier alpha value is -3.18. The van der Waals surface area contributed by atoms with E-state index in [0.29, 0.717) is 6.42 Å². The highest BCUT2D eigenvalue weighted by Crippen LogP contribution is 2.05. The van der Waals surface area contributed by atoms with Gasteiger partial charge < -0.3 is 31.5 Å². The predicted octanol–water partition coefficient (Wildman–Crippen LogP) is 0.400. The molecule has 0 spiro atoms. The lowest BCUT2D eigenvalue weighted by atomic mass is 10.0. The molecule has 0 rings (SSSR count). The minimum absolute atomic E-state index is 0.0158. The Bertz CT molecular complexity index is 679. The molecule has 0 unspecified atom stereocenters. The van der Waals surface area contributed by atoms with Gasteiger partial charge in [-0.25, -0.2) is 0 Å². The summed E-state index contributed by atoms with van der Waals surface area (Å²) in [7, 11) is 0. The molecule has 0 bridgehead atoms. The van der Waals surface area contributed by atoms with Crippen molar-refractivity contribution in [1.29, 1.82) is 0 Å². The molecule has 4 amide bonds. The molecule has 35 heavy (non-hydrogen) atoms. The number of amides is 4. The van der Waals surface area contributed by atoms with E-state index >= 15 is 0 Å². The van der Waals surface area contributed by atoms with Crippen molar-refractivity contribution in [3.8, 4) is 0 Å². The second-order valence-electron chi connectivity index (χ2n) is 9.01. The fourth-order valence-electron chi connectivity index (χ4n) is 3.09. The molecule has 0 aromatic rings. The molecule has 0 fully saturated rings. The maximum Gasteiger partial charge on any atom is 0.303 e. The van der Waals surface area contributed by atoms with E-state index < -0.39 is 35.8 Å². The molecule has 6 N–H and O–H groups in total. The molecule has 0 saturated carbocycles. The largest absolute Gasteiger partial charge is 0.481 e. The van der Waals surface area contributed by atoms with Crippen LogP contribution in [-0.4, -0.2) is 71.0 Å². The molecule has 2 atom stereocenters. The molecule has 0 heterocycles. The Balaban J connectivity index is 4.43. The standard InChI is InChI=1S/C23H40N4O8/c1-14(2)20(26-16(28)8-5-10-18(30)31)22(34)24-12-7-13-25-23(35)21(15(3)4)27-17(29)9-6-11-19(32)33/h14-15,20-21H,5-13H2,1-4H3,(H,24,34)(H,25,35)(H,26,28)(H,27,29)(H,30,31)(H,32,33)/t20-,21-/m0/s1. The Morgan fingerprint density at radius 3 is 1.20 bits per heavy atom. The van der Waals surface area contributed by atoms with Crippen LogP contribution in [0.3, 0.4) is 0 Å². The van der Waals surface area contributed by atoms with Crippen LogP contribution in [0.1, 0.15) is 72.6 Å². The molecule has 0 aliphatic heterocycles. The van der Waals surface area contributed by atoms with Crippen LogP contribution in [0.5, 0.6) is 0 Å². The van der Waals surface area contributed by atoms with E-state index in [2.05, 4.69) is 21.3 Å². The highest BCUT2D eigenvalue weighted by atomic mass is 16.4. The van der Waals surface area contributed by atoms with Crippen molar-refractivity contribution in [3.05, 3.63) is 0 Å². The smallest absolute Gasteiger partial charge is 0.303 e. The van der Waals surface area contributed by atoms with Crippen LogP contribution in [-0.2, 0) is 28.8 Å². The molecule has 0 aliphatic rings. The summed E-state index contributed by atoms with van der Waals surface area (Å²) in [5.41, 5.74) is 0. The molecule has 12 nitrogen and oxygen atoms in total. The Morgan fingerprint density at radius 1 is 0.571 bits per heavy atom. The topological polar surface area (TPSA) is 191 Å². The van der Waals surface area contributed by atoms with E-state index in [1.165, 1.54) is 0 Å². The summed E-state index contributed by atoms with van der Waals surface area (Å²) >= 11 is 0. The lowest BCUT2D eigenvalue weighted by molar-refractivity contribution is -0.138. The molecule has 12 heteroatoms. The third kappa shape index (κ3) is 15.4. The summed E-state index contributed by atoms with van der Waals surface area (Å²) < 4.78 is 0. The number of rotatable bonds is 18. The van der Waals surface area contributed by atoms with Crippen molar-refractivity contribution in [3.63, 3.8) is 0 Å². The average Bonchev–Trinajstić information content (AvgIpc) is 2.74. The van der Waals surface area contributed by atoms with Gasteiger partial charge >= 0.3 is 11.9 Å². The maximum atomic E-state index is 12.5. The van der Waals surface area contributed by atoms with Gasteiger partial charge in [0.25, 0.3) is 0 Å². The van der Waals surface area contributed by atoms with Crippen LogP contribution >= 0.6 is 0 Å². The van der Waals surface area contributed by atoms with Crippen LogP contribution in [0.15, 0.2) is 0 Å². The van der Waals surface area contributed by atoms with Crippen molar-refractivity contribution < 1.29 is 39.0 Å². The van der Waals surface area contributed by atoms with E-state index in [-0.39, 0.29) is 75.3 Å². The van der Waals surface area contributed by atoms with Gasteiger partial charge in [0.1, 0.15) is 12.1 Å². The zero-order valence-corrected chi connectivity index (χ0v) is 21.0. The van der Waals surface area contributed by atoms with Gasteiger partial charge in [-0.05, 0) is 31.1 Å². The van der Waals surface area contributed by atoms with Gasteiger partial charge in [0, 0.05) is 38.8 Å². The van der Waals surface area contributed by atoms with E-state index in [9.17, 15) is 28.8 Å². The fourth-order valence-corrected chi connectivity index (χ4v) is 3.09. The molecular weight excluding hydrogens is 460 g/mol. The summed E-state index contributed by atoms with van der Waals surface area (Å²) in [5, 5.41) is 28.0.